The summed E-state index contributed by atoms with van der Waals surface area (Å²) in [4.78, 5) is 21.6. The minimum absolute atomic E-state index is 0.152. The Morgan fingerprint density at radius 2 is 1.92 bits per heavy atom. The van der Waals surface area contributed by atoms with Gasteiger partial charge in [-0.05, 0) is 18.2 Å². The summed E-state index contributed by atoms with van der Waals surface area (Å²) in [5.41, 5.74) is 0.620. The Bertz CT molecular complexity index is 875. The van der Waals surface area contributed by atoms with Crippen LogP contribution in [-0.4, -0.2) is 43.7 Å². The lowest BCUT2D eigenvalue weighted by Gasteiger charge is -2.08. The molecule has 0 spiro atoms. The fourth-order valence-electron chi connectivity index (χ4n) is 1.73. The van der Waals surface area contributed by atoms with E-state index in [0.717, 1.165) is 17.5 Å². The Morgan fingerprint density at radius 3 is 2.50 bits per heavy atom. The van der Waals surface area contributed by atoms with E-state index in [2.05, 4.69) is 4.98 Å². The molecule has 1 heterocycles. The lowest BCUT2D eigenvalue weighted by Crippen LogP contribution is -2.24. The number of ether oxygens (including phenoxy) is 2. The molecule has 2 aromatic rings. The van der Waals surface area contributed by atoms with Crippen LogP contribution < -0.4 is 14.2 Å². The molecule has 0 aliphatic heterocycles. The monoisotopic (exact) mass is 394 g/mol. The van der Waals surface area contributed by atoms with Gasteiger partial charge in [-0.25, -0.2) is 13.4 Å². The van der Waals surface area contributed by atoms with Gasteiger partial charge in [0.1, 0.15) is 11.3 Å². The van der Waals surface area contributed by atoms with Crippen molar-refractivity contribution in [2.45, 2.75) is 4.21 Å². The maximum absolute atomic E-state index is 12.0. The molecule has 0 fully saturated rings. The highest BCUT2D eigenvalue weighted by Crippen LogP contribution is 2.36. The van der Waals surface area contributed by atoms with Gasteiger partial charge in [-0.2, -0.15) is 4.72 Å². The number of sulfonamides is 1. The normalized spacial score (nSPS) is 12.2. The molecule has 0 radical (unpaired) electrons. The predicted molar refractivity (Wildman–Crippen MR) is 87.9 cm³/mol. The number of hydrogen-bond donors (Lipinski definition) is 3. The van der Waals surface area contributed by atoms with Gasteiger partial charge in [-0.15, -0.1) is 11.3 Å². The van der Waals surface area contributed by atoms with Crippen molar-refractivity contribution in [3.8, 4) is 22.1 Å². The van der Waals surface area contributed by atoms with E-state index >= 15 is 0 Å². The zero-order valence-corrected chi connectivity index (χ0v) is 15.2. The number of nitrogens with zero attached hydrogens (tertiary/aromatic N) is 1. The first kappa shape index (κ1) is 18.8. The number of benzene rings is 1. The van der Waals surface area contributed by atoms with Gasteiger partial charge in [0, 0.05) is 5.56 Å². The Hall–Kier alpha value is -1.49. The molecule has 0 aliphatic carbocycles. The van der Waals surface area contributed by atoms with Crippen molar-refractivity contribution < 1.29 is 32.2 Å². The quantitative estimate of drug-likeness (QED) is 0.597. The average Bonchev–Trinajstić information content (AvgIpc) is 3.02. The Labute approximate surface area is 142 Å². The molecule has 0 saturated heterocycles. The van der Waals surface area contributed by atoms with Gasteiger partial charge in [0.15, 0.2) is 15.7 Å². The van der Waals surface area contributed by atoms with Crippen molar-refractivity contribution in [2.75, 3.05) is 20.5 Å². The maximum Gasteiger partial charge on any atom is 0.340 e. The summed E-state index contributed by atoms with van der Waals surface area (Å²) in [5.74, 6) is 0.989. The number of thiazole rings is 1. The standard InChI is InChI=1S/C12H15N2O7PS2/c1-20-9-4-3-8(5-10(9)21-2)12-13-6-11(23-12)24(18,19)14-7-22(15,16)17/h3-6,14H,7H2,1-2H3,(H2,15,16,17). The Morgan fingerprint density at radius 1 is 1.25 bits per heavy atom. The van der Waals surface area contributed by atoms with Crippen molar-refractivity contribution in [1.29, 1.82) is 0 Å². The van der Waals surface area contributed by atoms with Crippen LogP contribution in [0.5, 0.6) is 11.5 Å². The summed E-state index contributed by atoms with van der Waals surface area (Å²) in [7, 11) is -5.57. The van der Waals surface area contributed by atoms with Crippen LogP contribution in [0.3, 0.4) is 0 Å². The third kappa shape index (κ3) is 4.53. The van der Waals surface area contributed by atoms with Crippen LogP contribution in [0.25, 0.3) is 10.6 Å². The van der Waals surface area contributed by atoms with Gasteiger partial charge in [-0.1, -0.05) is 0 Å². The molecule has 0 amide bonds. The first-order valence-electron chi connectivity index (χ1n) is 6.39. The van der Waals surface area contributed by atoms with Crippen molar-refractivity contribution in [3.05, 3.63) is 24.4 Å². The number of rotatable bonds is 7. The van der Waals surface area contributed by atoms with E-state index < -0.39 is 23.9 Å². The highest BCUT2D eigenvalue weighted by Gasteiger charge is 2.23. The van der Waals surface area contributed by atoms with E-state index in [-0.39, 0.29) is 4.21 Å². The summed E-state index contributed by atoms with van der Waals surface area (Å²) in [5, 5.41) is 0.410. The van der Waals surface area contributed by atoms with E-state index in [4.69, 9.17) is 19.3 Å². The minimum Gasteiger partial charge on any atom is -0.493 e. The molecular formula is C12H15N2O7PS2. The van der Waals surface area contributed by atoms with Crippen LogP contribution in [0.1, 0.15) is 0 Å². The smallest absolute Gasteiger partial charge is 0.340 e. The summed E-state index contributed by atoms with van der Waals surface area (Å²) in [6.45, 7) is 0. The van der Waals surface area contributed by atoms with Gasteiger partial charge in [0.25, 0.3) is 10.0 Å². The van der Waals surface area contributed by atoms with Crippen LogP contribution in [0, 0.1) is 0 Å². The highest BCUT2D eigenvalue weighted by molar-refractivity contribution is 7.91. The second-order valence-corrected chi connectivity index (χ2v) is 9.19. The summed E-state index contributed by atoms with van der Waals surface area (Å²) in [6, 6.07) is 5.01. The molecule has 0 atom stereocenters. The molecule has 0 saturated carbocycles. The van der Waals surface area contributed by atoms with Gasteiger partial charge in [-0.3, -0.25) is 4.57 Å². The van der Waals surface area contributed by atoms with Gasteiger partial charge in [0.2, 0.25) is 0 Å². The highest BCUT2D eigenvalue weighted by atomic mass is 32.2. The molecule has 0 bridgehead atoms. The zero-order valence-electron chi connectivity index (χ0n) is 12.7. The van der Waals surface area contributed by atoms with Gasteiger partial charge in [0.05, 0.1) is 20.4 Å². The lowest BCUT2D eigenvalue weighted by atomic mass is 10.2. The Kier molecular flexibility index (Phi) is 5.63. The summed E-state index contributed by atoms with van der Waals surface area (Å²) in [6.07, 6.45) is 0.150. The largest absolute Gasteiger partial charge is 0.493 e. The van der Waals surface area contributed by atoms with Crippen LogP contribution >= 0.6 is 18.9 Å². The van der Waals surface area contributed by atoms with Crippen LogP contribution in [0.15, 0.2) is 28.6 Å². The van der Waals surface area contributed by atoms with Crippen molar-refractivity contribution in [2.24, 2.45) is 0 Å². The molecule has 9 nitrogen and oxygen atoms in total. The van der Waals surface area contributed by atoms with E-state index in [1.54, 1.807) is 18.2 Å². The number of nitrogens with one attached hydrogen (secondary N) is 1. The second kappa shape index (κ2) is 7.18. The van der Waals surface area contributed by atoms with Crippen molar-refractivity contribution in [3.63, 3.8) is 0 Å². The average molecular weight is 394 g/mol. The zero-order chi connectivity index (χ0) is 18.0. The number of methoxy groups -OCH3 is 2. The van der Waals surface area contributed by atoms with Crippen LogP contribution in [-0.2, 0) is 14.6 Å². The maximum atomic E-state index is 12.0. The van der Waals surface area contributed by atoms with E-state index in [0.29, 0.717) is 22.1 Å². The lowest BCUT2D eigenvalue weighted by molar-refractivity contribution is 0.355. The van der Waals surface area contributed by atoms with E-state index in [1.807, 2.05) is 4.72 Å². The van der Waals surface area contributed by atoms with Gasteiger partial charge < -0.3 is 19.3 Å². The molecule has 12 heteroatoms. The fraction of sp³-hybridized carbons (Fsp3) is 0.250. The molecule has 3 N–H and O–H groups in total. The molecule has 24 heavy (non-hydrogen) atoms. The molecule has 0 unspecified atom stereocenters. The fourth-order valence-corrected chi connectivity index (χ4v) is 4.91. The van der Waals surface area contributed by atoms with E-state index in [1.165, 1.54) is 14.2 Å². The molecule has 2 rings (SSSR count). The minimum atomic E-state index is -4.49. The van der Waals surface area contributed by atoms with E-state index in [9.17, 15) is 13.0 Å². The SMILES string of the molecule is COc1ccc(-c2ncc(S(=O)(=O)NCP(=O)(O)O)s2)cc1OC. The Balaban J connectivity index is 2.29. The third-order valence-electron chi connectivity index (χ3n) is 2.84. The van der Waals surface area contributed by atoms with Crippen LogP contribution in [0.4, 0.5) is 0 Å². The topological polar surface area (TPSA) is 135 Å². The first-order chi connectivity index (χ1) is 11.2. The van der Waals surface area contributed by atoms with Crippen LogP contribution in [0.2, 0.25) is 0 Å². The number of aromatic nitrogens is 1. The second-order valence-electron chi connectivity index (χ2n) is 4.52. The predicted octanol–water partition coefficient (Wildman–Crippen LogP) is 1.24. The summed E-state index contributed by atoms with van der Waals surface area (Å²) < 4.78 is 46.8. The number of hydrogen-bond acceptors (Lipinski definition) is 7. The molecule has 0 aliphatic rings. The van der Waals surface area contributed by atoms with Gasteiger partial charge >= 0.3 is 7.60 Å². The van der Waals surface area contributed by atoms with Crippen molar-refractivity contribution >= 4 is 29.0 Å². The third-order valence-corrected chi connectivity index (χ3v) is 6.53. The molecular weight excluding hydrogens is 379 g/mol. The molecule has 1 aromatic carbocycles. The first-order valence-corrected chi connectivity index (χ1v) is 10.5. The summed E-state index contributed by atoms with van der Waals surface area (Å²) >= 11 is 0.865. The van der Waals surface area contributed by atoms with Crippen molar-refractivity contribution in [1.82, 2.24) is 9.71 Å². The molecule has 132 valence electrons. The molecule has 1 aromatic heterocycles.